The average Bonchev–Trinajstić information content (AvgIpc) is 2.56. The minimum absolute atomic E-state index is 0.238. The van der Waals surface area contributed by atoms with Crippen molar-refractivity contribution >= 4 is 5.97 Å². The topological polar surface area (TPSA) is 65.7 Å². The zero-order chi connectivity index (χ0) is 13.0. The van der Waals surface area contributed by atoms with Crippen molar-refractivity contribution in [3.8, 4) is 0 Å². The quantitative estimate of drug-likeness (QED) is 0.785. The third-order valence-corrected chi connectivity index (χ3v) is 2.46. The van der Waals surface area contributed by atoms with Crippen molar-refractivity contribution in [2.45, 2.75) is 26.4 Å². The van der Waals surface area contributed by atoms with Gasteiger partial charge in [-0.15, -0.1) is 0 Å². The van der Waals surface area contributed by atoms with Crippen LogP contribution >= 0.6 is 0 Å². The fraction of sp³-hybridized carbons (Fsp3) is 0.583. The van der Waals surface area contributed by atoms with E-state index in [1.165, 1.54) is 0 Å². The van der Waals surface area contributed by atoms with Gasteiger partial charge in [0.25, 0.3) is 0 Å². The van der Waals surface area contributed by atoms with Crippen LogP contribution in [0.4, 0.5) is 0 Å². The van der Waals surface area contributed by atoms with Crippen molar-refractivity contribution in [2.24, 2.45) is 0 Å². The van der Waals surface area contributed by atoms with Gasteiger partial charge in [-0.2, -0.15) is 0 Å². The zero-order valence-electron chi connectivity index (χ0n) is 10.8. The van der Waals surface area contributed by atoms with Gasteiger partial charge in [-0.3, -0.25) is 0 Å². The van der Waals surface area contributed by atoms with Crippen molar-refractivity contribution in [2.75, 3.05) is 20.6 Å². The molecule has 0 bridgehead atoms. The number of hydrogen-bond donors (Lipinski definition) is 2. The summed E-state index contributed by atoms with van der Waals surface area (Å²) in [5, 5.41) is 12.2. The van der Waals surface area contributed by atoms with Crippen molar-refractivity contribution in [1.29, 1.82) is 0 Å². The SMILES string of the molecule is Cc1oc(CNC(C)CN(C)C)cc1C(=O)O. The third kappa shape index (κ3) is 4.20. The molecule has 0 spiro atoms. The third-order valence-electron chi connectivity index (χ3n) is 2.46. The molecule has 0 radical (unpaired) electrons. The van der Waals surface area contributed by atoms with Crippen LogP contribution in [0.2, 0.25) is 0 Å². The Morgan fingerprint density at radius 2 is 2.24 bits per heavy atom. The first-order chi connectivity index (χ1) is 7.90. The fourth-order valence-electron chi connectivity index (χ4n) is 1.73. The summed E-state index contributed by atoms with van der Waals surface area (Å²) in [6.07, 6.45) is 0. The Hall–Kier alpha value is -1.33. The molecule has 2 N–H and O–H groups in total. The standard InChI is InChI=1S/C12H20N2O3/c1-8(7-14(3)4)13-6-10-5-11(12(15)16)9(2)17-10/h5,8,13H,6-7H2,1-4H3,(H,15,16). The molecule has 5 heteroatoms. The number of carbonyl (C=O) groups is 1. The van der Waals surface area contributed by atoms with E-state index in [0.29, 0.717) is 24.1 Å². The van der Waals surface area contributed by atoms with E-state index in [2.05, 4.69) is 17.1 Å². The number of likely N-dealkylation sites (N-methyl/N-ethyl adjacent to an activating group) is 1. The second kappa shape index (κ2) is 5.84. The van der Waals surface area contributed by atoms with Gasteiger partial charge < -0.3 is 19.7 Å². The molecule has 1 aromatic rings. The van der Waals surface area contributed by atoms with Crippen LogP contribution in [0, 0.1) is 6.92 Å². The van der Waals surface area contributed by atoms with Crippen molar-refractivity contribution in [3.63, 3.8) is 0 Å². The largest absolute Gasteiger partial charge is 0.478 e. The maximum atomic E-state index is 10.8. The number of rotatable bonds is 6. The number of carboxylic acids is 1. The maximum absolute atomic E-state index is 10.8. The Bertz CT molecular complexity index is 385. The average molecular weight is 240 g/mol. The lowest BCUT2D eigenvalue weighted by Crippen LogP contribution is -2.35. The van der Waals surface area contributed by atoms with E-state index in [1.54, 1.807) is 13.0 Å². The number of aryl methyl sites for hydroxylation is 1. The number of carboxylic acid groups (broad SMARTS) is 1. The smallest absolute Gasteiger partial charge is 0.339 e. The molecule has 1 atom stereocenters. The molecule has 0 aliphatic carbocycles. The molecule has 0 amide bonds. The van der Waals surface area contributed by atoms with Crippen LogP contribution in [0.1, 0.15) is 28.8 Å². The summed E-state index contributed by atoms with van der Waals surface area (Å²) >= 11 is 0. The van der Waals surface area contributed by atoms with E-state index >= 15 is 0 Å². The van der Waals surface area contributed by atoms with Crippen LogP contribution in [0.3, 0.4) is 0 Å². The van der Waals surface area contributed by atoms with E-state index in [1.807, 2.05) is 14.1 Å². The molecule has 17 heavy (non-hydrogen) atoms. The monoisotopic (exact) mass is 240 g/mol. The summed E-state index contributed by atoms with van der Waals surface area (Å²) in [5.41, 5.74) is 0.238. The summed E-state index contributed by atoms with van der Waals surface area (Å²) in [6.45, 7) is 5.21. The minimum atomic E-state index is -0.946. The number of nitrogens with one attached hydrogen (secondary N) is 1. The highest BCUT2D eigenvalue weighted by atomic mass is 16.4. The van der Waals surface area contributed by atoms with Crippen LogP contribution in [0.25, 0.3) is 0 Å². The van der Waals surface area contributed by atoms with Gasteiger partial charge >= 0.3 is 5.97 Å². The maximum Gasteiger partial charge on any atom is 0.339 e. The Kier molecular flexibility index (Phi) is 4.72. The van der Waals surface area contributed by atoms with Gasteiger partial charge in [0, 0.05) is 12.6 Å². The Labute approximate surface area is 101 Å². The lowest BCUT2D eigenvalue weighted by molar-refractivity contribution is 0.0695. The Morgan fingerprint density at radius 3 is 2.71 bits per heavy atom. The predicted molar refractivity (Wildman–Crippen MR) is 65.3 cm³/mol. The van der Waals surface area contributed by atoms with Gasteiger partial charge in [0.1, 0.15) is 17.1 Å². The molecule has 96 valence electrons. The van der Waals surface area contributed by atoms with E-state index in [0.717, 1.165) is 6.54 Å². The Balaban J connectivity index is 2.52. The summed E-state index contributed by atoms with van der Waals surface area (Å²) in [4.78, 5) is 12.9. The summed E-state index contributed by atoms with van der Waals surface area (Å²) in [6, 6.07) is 1.90. The number of aromatic carboxylic acids is 1. The van der Waals surface area contributed by atoms with Crippen LogP contribution in [-0.2, 0) is 6.54 Å². The van der Waals surface area contributed by atoms with Crippen molar-refractivity contribution < 1.29 is 14.3 Å². The second-order valence-corrected chi connectivity index (χ2v) is 4.53. The van der Waals surface area contributed by atoms with E-state index in [4.69, 9.17) is 9.52 Å². The van der Waals surface area contributed by atoms with Crippen molar-refractivity contribution in [3.05, 3.63) is 23.2 Å². The van der Waals surface area contributed by atoms with E-state index in [-0.39, 0.29) is 5.56 Å². The van der Waals surface area contributed by atoms with Gasteiger partial charge in [-0.1, -0.05) is 0 Å². The molecule has 0 saturated carbocycles. The van der Waals surface area contributed by atoms with Gasteiger partial charge in [0.2, 0.25) is 0 Å². The van der Waals surface area contributed by atoms with E-state index < -0.39 is 5.97 Å². The molecule has 0 fully saturated rings. The molecule has 1 rings (SSSR count). The molecular formula is C12H20N2O3. The van der Waals surface area contributed by atoms with Crippen molar-refractivity contribution in [1.82, 2.24) is 10.2 Å². The van der Waals surface area contributed by atoms with Crippen LogP contribution in [-0.4, -0.2) is 42.7 Å². The Morgan fingerprint density at radius 1 is 1.59 bits per heavy atom. The summed E-state index contributed by atoms with van der Waals surface area (Å²) in [7, 11) is 4.02. The molecule has 0 aromatic carbocycles. The molecule has 1 heterocycles. The molecule has 0 aliphatic rings. The molecule has 1 aromatic heterocycles. The molecule has 0 saturated heterocycles. The van der Waals surface area contributed by atoms with Crippen LogP contribution < -0.4 is 5.32 Å². The number of nitrogens with zero attached hydrogens (tertiary/aromatic N) is 1. The van der Waals surface area contributed by atoms with Gasteiger partial charge in [0.05, 0.1) is 6.54 Å². The summed E-state index contributed by atoms with van der Waals surface area (Å²) in [5.74, 6) is 0.166. The van der Waals surface area contributed by atoms with Gasteiger partial charge in [-0.05, 0) is 34.0 Å². The molecule has 1 unspecified atom stereocenters. The molecule has 5 nitrogen and oxygen atoms in total. The first-order valence-electron chi connectivity index (χ1n) is 5.61. The van der Waals surface area contributed by atoms with Crippen LogP contribution in [0.15, 0.2) is 10.5 Å². The number of hydrogen-bond acceptors (Lipinski definition) is 4. The highest BCUT2D eigenvalue weighted by molar-refractivity contribution is 5.88. The number of furan rings is 1. The predicted octanol–water partition coefficient (Wildman–Crippen LogP) is 1.33. The highest BCUT2D eigenvalue weighted by Gasteiger charge is 2.13. The lowest BCUT2D eigenvalue weighted by atomic mass is 10.2. The normalized spacial score (nSPS) is 13.0. The second-order valence-electron chi connectivity index (χ2n) is 4.53. The lowest BCUT2D eigenvalue weighted by Gasteiger charge is -2.17. The molecular weight excluding hydrogens is 220 g/mol. The zero-order valence-corrected chi connectivity index (χ0v) is 10.8. The molecule has 0 aliphatic heterocycles. The highest BCUT2D eigenvalue weighted by Crippen LogP contribution is 2.14. The first-order valence-corrected chi connectivity index (χ1v) is 5.61. The van der Waals surface area contributed by atoms with Gasteiger partial charge in [-0.25, -0.2) is 4.79 Å². The van der Waals surface area contributed by atoms with Crippen LogP contribution in [0.5, 0.6) is 0 Å². The fourth-order valence-corrected chi connectivity index (χ4v) is 1.73. The van der Waals surface area contributed by atoms with Gasteiger partial charge in [0.15, 0.2) is 0 Å². The summed E-state index contributed by atoms with van der Waals surface area (Å²) < 4.78 is 5.37. The first kappa shape index (κ1) is 13.7. The minimum Gasteiger partial charge on any atom is -0.478 e. The van der Waals surface area contributed by atoms with E-state index in [9.17, 15) is 4.79 Å².